The Morgan fingerprint density at radius 1 is 1.35 bits per heavy atom. The molecule has 3 aliphatic heterocycles. The fraction of sp³-hybridized carbons (Fsp3) is 0.538. The number of fused-ring (bicyclic) bond motifs is 6. The van der Waals surface area contributed by atoms with Gasteiger partial charge in [0.1, 0.15) is 18.0 Å². The standard InChI is InChI=1S/C13H15NO6/c15-4-6-1-8-11(9(17)2-6)7(5-16)13(18)12-10(19-12)3-14(8)20-13/h1-2,7,10,12,15-18H,3-5H2/t7-,10+,12+,13-/m0/s1. The number of anilines is 1. The largest absolute Gasteiger partial charge is 0.508 e. The van der Waals surface area contributed by atoms with Crippen molar-refractivity contribution in [3.8, 4) is 5.75 Å². The van der Waals surface area contributed by atoms with Crippen LogP contribution in [0.25, 0.3) is 0 Å². The molecule has 0 radical (unpaired) electrons. The highest BCUT2D eigenvalue weighted by Gasteiger charge is 2.67. The lowest BCUT2D eigenvalue weighted by molar-refractivity contribution is -0.254. The van der Waals surface area contributed by atoms with Gasteiger partial charge in [-0.05, 0) is 17.7 Å². The molecule has 20 heavy (non-hydrogen) atoms. The van der Waals surface area contributed by atoms with Crippen molar-refractivity contribution in [2.24, 2.45) is 0 Å². The molecule has 2 saturated heterocycles. The first-order valence-electron chi connectivity index (χ1n) is 6.50. The number of aliphatic hydroxyl groups is 3. The molecule has 7 nitrogen and oxygen atoms in total. The molecule has 0 saturated carbocycles. The molecule has 2 bridgehead atoms. The van der Waals surface area contributed by atoms with Gasteiger partial charge in [-0.25, -0.2) is 9.90 Å². The Labute approximate surface area is 114 Å². The molecule has 0 spiro atoms. The van der Waals surface area contributed by atoms with Crippen molar-refractivity contribution in [3.63, 3.8) is 0 Å². The van der Waals surface area contributed by atoms with Gasteiger partial charge in [0.15, 0.2) is 0 Å². The average molecular weight is 281 g/mol. The van der Waals surface area contributed by atoms with Crippen LogP contribution < -0.4 is 5.06 Å². The van der Waals surface area contributed by atoms with E-state index in [0.29, 0.717) is 23.4 Å². The van der Waals surface area contributed by atoms with Crippen molar-refractivity contribution in [2.45, 2.75) is 30.5 Å². The van der Waals surface area contributed by atoms with Crippen LogP contribution in [0.5, 0.6) is 5.75 Å². The van der Waals surface area contributed by atoms with Gasteiger partial charge in [0.05, 0.1) is 31.4 Å². The van der Waals surface area contributed by atoms with Gasteiger partial charge in [-0.1, -0.05) is 0 Å². The van der Waals surface area contributed by atoms with Crippen LogP contribution in [0.1, 0.15) is 17.0 Å². The van der Waals surface area contributed by atoms with E-state index >= 15 is 0 Å². The molecule has 0 unspecified atom stereocenters. The summed E-state index contributed by atoms with van der Waals surface area (Å²) in [5.74, 6) is -2.53. The maximum Gasteiger partial charge on any atom is 0.230 e. The van der Waals surface area contributed by atoms with Crippen molar-refractivity contribution in [2.75, 3.05) is 18.2 Å². The lowest BCUT2D eigenvalue weighted by Gasteiger charge is -2.46. The summed E-state index contributed by atoms with van der Waals surface area (Å²) in [4.78, 5) is 5.56. The summed E-state index contributed by atoms with van der Waals surface area (Å²) in [6, 6.07) is 3.11. The van der Waals surface area contributed by atoms with E-state index in [1.165, 1.54) is 11.1 Å². The molecule has 0 aromatic heterocycles. The Balaban J connectivity index is 1.92. The summed E-state index contributed by atoms with van der Waals surface area (Å²) in [5, 5.41) is 41.2. The van der Waals surface area contributed by atoms with E-state index in [1.54, 1.807) is 6.07 Å². The molecule has 3 heterocycles. The fourth-order valence-corrected chi connectivity index (χ4v) is 3.25. The molecule has 4 rings (SSSR count). The highest BCUT2D eigenvalue weighted by atomic mass is 16.8. The van der Waals surface area contributed by atoms with E-state index < -0.39 is 17.8 Å². The summed E-state index contributed by atoms with van der Waals surface area (Å²) in [6.07, 6.45) is -0.628. The zero-order chi connectivity index (χ0) is 14.1. The van der Waals surface area contributed by atoms with Gasteiger partial charge in [0.25, 0.3) is 0 Å². The molecule has 4 N–H and O–H groups in total. The number of phenols is 1. The third kappa shape index (κ3) is 1.41. The quantitative estimate of drug-likeness (QED) is 0.525. The molecule has 3 aliphatic rings. The first kappa shape index (κ1) is 12.4. The number of benzene rings is 1. The molecule has 1 aromatic carbocycles. The van der Waals surface area contributed by atoms with E-state index in [2.05, 4.69) is 0 Å². The second-order valence-corrected chi connectivity index (χ2v) is 5.44. The molecule has 7 heteroatoms. The van der Waals surface area contributed by atoms with Crippen LogP contribution in [-0.4, -0.2) is 51.6 Å². The van der Waals surface area contributed by atoms with Crippen molar-refractivity contribution in [3.05, 3.63) is 23.3 Å². The monoisotopic (exact) mass is 281 g/mol. The molecule has 0 aliphatic carbocycles. The summed E-state index contributed by atoms with van der Waals surface area (Å²) in [7, 11) is 0. The van der Waals surface area contributed by atoms with Crippen LogP contribution >= 0.6 is 0 Å². The van der Waals surface area contributed by atoms with Crippen molar-refractivity contribution >= 4 is 5.69 Å². The smallest absolute Gasteiger partial charge is 0.230 e. The first-order valence-corrected chi connectivity index (χ1v) is 6.50. The second-order valence-electron chi connectivity index (χ2n) is 5.44. The summed E-state index contributed by atoms with van der Waals surface area (Å²) in [5.41, 5.74) is 1.50. The summed E-state index contributed by atoms with van der Waals surface area (Å²) in [6.45, 7) is -0.159. The molecule has 2 fully saturated rings. The Bertz CT molecular complexity index is 578. The maximum atomic E-state index is 10.7. The van der Waals surface area contributed by atoms with Crippen LogP contribution in [0.15, 0.2) is 12.1 Å². The predicted octanol–water partition coefficient (Wildman–Crippen LogP) is -0.818. The minimum Gasteiger partial charge on any atom is -0.508 e. The van der Waals surface area contributed by atoms with Gasteiger partial charge in [-0.15, -0.1) is 0 Å². The highest BCUT2D eigenvalue weighted by molar-refractivity contribution is 5.64. The molecular weight excluding hydrogens is 266 g/mol. The van der Waals surface area contributed by atoms with Gasteiger partial charge in [-0.2, -0.15) is 0 Å². The SMILES string of the molecule is OCc1cc(O)c2c(c1)N1C[C@H]3O[C@H]3[C@@](O)(O1)[C@H]2CO. The second kappa shape index (κ2) is 3.84. The molecule has 4 atom stereocenters. The van der Waals surface area contributed by atoms with E-state index in [9.17, 15) is 20.4 Å². The Morgan fingerprint density at radius 3 is 2.85 bits per heavy atom. The minimum absolute atomic E-state index is 0.0728. The number of hydroxylamine groups is 1. The van der Waals surface area contributed by atoms with E-state index in [4.69, 9.17) is 9.57 Å². The summed E-state index contributed by atoms with van der Waals surface area (Å²) < 4.78 is 5.40. The zero-order valence-electron chi connectivity index (χ0n) is 10.6. The van der Waals surface area contributed by atoms with E-state index in [1.807, 2.05) is 0 Å². The third-order valence-corrected chi connectivity index (χ3v) is 4.27. The Kier molecular flexibility index (Phi) is 2.37. The Hall–Kier alpha value is -1.38. The molecule has 108 valence electrons. The van der Waals surface area contributed by atoms with Gasteiger partial charge in [-0.3, -0.25) is 0 Å². The Morgan fingerprint density at radius 2 is 2.15 bits per heavy atom. The van der Waals surface area contributed by atoms with Crippen LogP contribution in [-0.2, 0) is 16.2 Å². The lowest BCUT2D eigenvalue weighted by atomic mass is 9.83. The van der Waals surface area contributed by atoms with Crippen LogP contribution in [0.4, 0.5) is 5.69 Å². The van der Waals surface area contributed by atoms with Crippen molar-refractivity contribution in [1.82, 2.24) is 0 Å². The zero-order valence-corrected chi connectivity index (χ0v) is 10.6. The number of ether oxygens (including phenoxy) is 1. The van der Waals surface area contributed by atoms with E-state index in [0.717, 1.165) is 0 Å². The maximum absolute atomic E-state index is 10.7. The molecule has 1 aromatic rings. The number of hydrogen-bond donors (Lipinski definition) is 4. The number of hydrogen-bond acceptors (Lipinski definition) is 7. The van der Waals surface area contributed by atoms with Gasteiger partial charge in [0, 0.05) is 5.56 Å². The predicted molar refractivity (Wildman–Crippen MR) is 65.9 cm³/mol. The van der Waals surface area contributed by atoms with Crippen molar-refractivity contribution < 1.29 is 30.0 Å². The number of aromatic hydroxyl groups is 1. The van der Waals surface area contributed by atoms with Gasteiger partial charge >= 0.3 is 0 Å². The van der Waals surface area contributed by atoms with Gasteiger partial charge in [0.2, 0.25) is 5.79 Å². The first-order chi connectivity index (χ1) is 9.58. The number of nitrogens with zero attached hydrogens (tertiary/aromatic N) is 1. The van der Waals surface area contributed by atoms with Crippen LogP contribution in [0.3, 0.4) is 0 Å². The average Bonchev–Trinajstić information content (AvgIpc) is 3.20. The number of epoxide rings is 1. The fourth-order valence-electron chi connectivity index (χ4n) is 3.25. The van der Waals surface area contributed by atoms with Gasteiger partial charge < -0.3 is 25.2 Å². The molecular formula is C13H15NO6. The number of aliphatic hydroxyl groups excluding tert-OH is 2. The van der Waals surface area contributed by atoms with Crippen LogP contribution in [0, 0.1) is 0 Å². The number of rotatable bonds is 2. The third-order valence-electron chi connectivity index (χ3n) is 4.27. The van der Waals surface area contributed by atoms with Crippen LogP contribution in [0.2, 0.25) is 0 Å². The lowest BCUT2D eigenvalue weighted by Crippen LogP contribution is -2.59. The topological polar surface area (TPSA) is 106 Å². The normalized spacial score (nSPS) is 37.4. The minimum atomic E-state index is -1.66. The summed E-state index contributed by atoms with van der Waals surface area (Å²) >= 11 is 0. The van der Waals surface area contributed by atoms with Crippen molar-refractivity contribution in [1.29, 1.82) is 0 Å². The number of phenolic OH excluding ortho intramolecular Hbond substituents is 1. The highest BCUT2D eigenvalue weighted by Crippen LogP contribution is 2.55. The molecule has 0 amide bonds. The van der Waals surface area contributed by atoms with E-state index in [-0.39, 0.29) is 25.1 Å².